The smallest absolute Gasteiger partial charge is 0.188 e. The van der Waals surface area contributed by atoms with Crippen molar-refractivity contribution in [3.8, 4) is 34.5 Å². The molecule has 0 unspecified atom stereocenters. The molecule has 0 amide bonds. The SMILES string of the molecule is CCCCc1c(O)c(O)c(CCCC)c2c1Oc1cccc(Cl)c1O2. The second kappa shape index (κ2) is 7.44. The molecule has 1 aliphatic rings. The van der Waals surface area contributed by atoms with Gasteiger partial charge in [0, 0.05) is 11.1 Å². The average Bonchev–Trinajstić information content (AvgIpc) is 2.61. The summed E-state index contributed by atoms with van der Waals surface area (Å²) in [7, 11) is 0. The van der Waals surface area contributed by atoms with Gasteiger partial charge in [0.25, 0.3) is 0 Å². The Morgan fingerprint density at radius 2 is 1.40 bits per heavy atom. The van der Waals surface area contributed by atoms with Crippen molar-refractivity contribution in [1.29, 1.82) is 0 Å². The summed E-state index contributed by atoms with van der Waals surface area (Å²) in [5.74, 6) is 1.70. The third-order valence-electron chi connectivity index (χ3n) is 4.46. The second-order valence-electron chi connectivity index (χ2n) is 6.29. The zero-order chi connectivity index (χ0) is 18.0. The topological polar surface area (TPSA) is 58.9 Å². The number of ether oxygens (including phenoxy) is 2. The van der Waals surface area contributed by atoms with Gasteiger partial charge in [-0.3, -0.25) is 0 Å². The highest BCUT2D eigenvalue weighted by Gasteiger charge is 2.31. The molecule has 0 saturated carbocycles. The van der Waals surface area contributed by atoms with Gasteiger partial charge in [0.05, 0.1) is 5.02 Å². The van der Waals surface area contributed by atoms with Crippen molar-refractivity contribution in [2.75, 3.05) is 0 Å². The molecule has 0 spiro atoms. The summed E-state index contributed by atoms with van der Waals surface area (Å²) in [6, 6.07) is 5.31. The molecule has 1 aliphatic heterocycles. The van der Waals surface area contributed by atoms with Crippen molar-refractivity contribution < 1.29 is 19.7 Å². The number of unbranched alkanes of at least 4 members (excludes halogenated alkanes) is 2. The fourth-order valence-electron chi connectivity index (χ4n) is 3.04. The largest absolute Gasteiger partial charge is 0.504 e. The number of hydrogen-bond acceptors (Lipinski definition) is 4. The molecule has 5 heteroatoms. The number of fused-ring (bicyclic) bond motifs is 2. The van der Waals surface area contributed by atoms with E-state index in [-0.39, 0.29) is 11.5 Å². The Bertz CT molecular complexity index is 786. The summed E-state index contributed by atoms with van der Waals surface area (Å²) in [6.45, 7) is 4.15. The molecule has 25 heavy (non-hydrogen) atoms. The Kier molecular flexibility index (Phi) is 5.28. The lowest BCUT2D eigenvalue weighted by Crippen LogP contribution is -2.06. The number of halogens is 1. The maximum absolute atomic E-state index is 10.6. The Labute approximate surface area is 153 Å². The van der Waals surface area contributed by atoms with Crippen LogP contribution in [0.2, 0.25) is 5.02 Å². The second-order valence-corrected chi connectivity index (χ2v) is 6.70. The Morgan fingerprint density at radius 3 is 1.96 bits per heavy atom. The number of rotatable bonds is 6. The lowest BCUT2D eigenvalue weighted by atomic mass is 9.97. The maximum Gasteiger partial charge on any atom is 0.188 e. The minimum Gasteiger partial charge on any atom is -0.504 e. The van der Waals surface area contributed by atoms with Crippen LogP contribution >= 0.6 is 11.6 Å². The molecule has 0 radical (unpaired) electrons. The highest BCUT2D eigenvalue weighted by atomic mass is 35.5. The third-order valence-corrected chi connectivity index (χ3v) is 4.76. The quantitative estimate of drug-likeness (QED) is 0.502. The first-order chi connectivity index (χ1) is 12.1. The van der Waals surface area contributed by atoms with Crippen molar-refractivity contribution in [3.63, 3.8) is 0 Å². The van der Waals surface area contributed by atoms with E-state index in [0.717, 1.165) is 25.7 Å². The number of aromatic hydroxyl groups is 2. The molecule has 1 heterocycles. The molecule has 0 fully saturated rings. The van der Waals surface area contributed by atoms with Crippen LogP contribution in [0.1, 0.15) is 50.7 Å². The summed E-state index contributed by atoms with van der Waals surface area (Å²) in [5.41, 5.74) is 1.15. The average molecular weight is 363 g/mol. The molecule has 0 aromatic heterocycles. The van der Waals surface area contributed by atoms with Crippen LogP contribution < -0.4 is 9.47 Å². The van der Waals surface area contributed by atoms with E-state index < -0.39 is 0 Å². The zero-order valence-corrected chi connectivity index (χ0v) is 15.3. The molecule has 2 N–H and O–H groups in total. The van der Waals surface area contributed by atoms with E-state index in [0.29, 0.717) is 52.0 Å². The van der Waals surface area contributed by atoms with Crippen molar-refractivity contribution in [1.82, 2.24) is 0 Å². The van der Waals surface area contributed by atoms with E-state index in [1.807, 2.05) is 0 Å². The number of hydrogen-bond donors (Lipinski definition) is 2. The summed E-state index contributed by atoms with van der Waals surface area (Å²) >= 11 is 6.24. The van der Waals surface area contributed by atoms with Gasteiger partial charge in [-0.1, -0.05) is 44.4 Å². The van der Waals surface area contributed by atoms with Gasteiger partial charge in [0.15, 0.2) is 34.5 Å². The summed E-state index contributed by atoms with van der Waals surface area (Å²) < 4.78 is 12.1. The van der Waals surface area contributed by atoms with Gasteiger partial charge in [0.2, 0.25) is 0 Å². The van der Waals surface area contributed by atoms with Gasteiger partial charge < -0.3 is 19.7 Å². The van der Waals surface area contributed by atoms with E-state index in [9.17, 15) is 10.2 Å². The van der Waals surface area contributed by atoms with Crippen LogP contribution in [0.15, 0.2) is 18.2 Å². The van der Waals surface area contributed by atoms with Crippen LogP contribution in [0.5, 0.6) is 34.5 Å². The third kappa shape index (κ3) is 3.23. The van der Waals surface area contributed by atoms with Gasteiger partial charge >= 0.3 is 0 Å². The van der Waals surface area contributed by atoms with Crippen LogP contribution in [-0.4, -0.2) is 10.2 Å². The first kappa shape index (κ1) is 17.7. The molecule has 4 nitrogen and oxygen atoms in total. The summed E-state index contributed by atoms with van der Waals surface area (Å²) in [5, 5.41) is 21.6. The molecule has 0 aliphatic carbocycles. The highest BCUT2D eigenvalue weighted by Crippen LogP contribution is 2.56. The highest BCUT2D eigenvalue weighted by molar-refractivity contribution is 6.32. The Hall–Kier alpha value is -2.07. The van der Waals surface area contributed by atoms with Gasteiger partial charge in [-0.05, 0) is 37.8 Å². The van der Waals surface area contributed by atoms with Crippen LogP contribution in [0, 0.1) is 0 Å². The van der Waals surface area contributed by atoms with Crippen molar-refractivity contribution >= 4 is 11.6 Å². The normalized spacial score (nSPS) is 12.1. The first-order valence-corrected chi connectivity index (χ1v) is 9.20. The molecule has 0 bridgehead atoms. The molecule has 3 rings (SSSR count). The van der Waals surface area contributed by atoms with Gasteiger partial charge in [-0.2, -0.15) is 0 Å². The molecule has 134 valence electrons. The van der Waals surface area contributed by atoms with E-state index in [2.05, 4.69) is 13.8 Å². The van der Waals surface area contributed by atoms with E-state index in [4.69, 9.17) is 21.1 Å². The number of para-hydroxylation sites is 1. The fraction of sp³-hybridized carbons (Fsp3) is 0.400. The first-order valence-electron chi connectivity index (χ1n) is 8.82. The minimum absolute atomic E-state index is 0.104. The van der Waals surface area contributed by atoms with E-state index in [1.165, 1.54) is 0 Å². The van der Waals surface area contributed by atoms with Crippen LogP contribution in [0.25, 0.3) is 0 Å². The predicted octanol–water partition coefficient (Wildman–Crippen LogP) is 6.33. The van der Waals surface area contributed by atoms with Crippen LogP contribution in [-0.2, 0) is 12.8 Å². The molecular formula is C20H23ClO4. The summed E-state index contributed by atoms with van der Waals surface area (Å²) in [4.78, 5) is 0. The lowest BCUT2D eigenvalue weighted by molar-refractivity contribution is 0.334. The molecular weight excluding hydrogens is 340 g/mol. The van der Waals surface area contributed by atoms with Gasteiger partial charge in [-0.25, -0.2) is 0 Å². The number of phenols is 2. The molecule has 2 aromatic carbocycles. The van der Waals surface area contributed by atoms with Gasteiger partial charge in [-0.15, -0.1) is 0 Å². The number of benzene rings is 2. The van der Waals surface area contributed by atoms with Crippen molar-refractivity contribution in [2.24, 2.45) is 0 Å². The van der Waals surface area contributed by atoms with Crippen LogP contribution in [0.3, 0.4) is 0 Å². The molecule has 0 saturated heterocycles. The molecule has 2 aromatic rings. The maximum atomic E-state index is 10.6. The van der Waals surface area contributed by atoms with E-state index in [1.54, 1.807) is 18.2 Å². The monoisotopic (exact) mass is 362 g/mol. The molecule has 0 atom stereocenters. The van der Waals surface area contributed by atoms with Crippen molar-refractivity contribution in [3.05, 3.63) is 34.3 Å². The van der Waals surface area contributed by atoms with E-state index >= 15 is 0 Å². The lowest BCUT2D eigenvalue weighted by Gasteiger charge is -2.27. The Morgan fingerprint density at radius 1 is 0.840 bits per heavy atom. The summed E-state index contributed by atoms with van der Waals surface area (Å²) in [6.07, 6.45) is 4.87. The standard InChI is InChI=1S/C20H23ClO4/c1-3-5-8-12-16(22)17(23)13(9-6-4-2)19-18(12)24-15-11-7-10-14(21)20(15)25-19/h7,10-11,22-23H,3-6,8-9H2,1-2H3. The Balaban J connectivity index is 2.16. The number of phenolic OH excluding ortho intramolecular Hbond substituents is 2. The van der Waals surface area contributed by atoms with Crippen LogP contribution in [0.4, 0.5) is 0 Å². The zero-order valence-electron chi connectivity index (χ0n) is 14.6. The predicted molar refractivity (Wildman–Crippen MR) is 98.6 cm³/mol. The van der Waals surface area contributed by atoms with Crippen molar-refractivity contribution in [2.45, 2.75) is 52.4 Å². The minimum atomic E-state index is -0.114. The fourth-order valence-corrected chi connectivity index (χ4v) is 3.25. The van der Waals surface area contributed by atoms with Gasteiger partial charge in [0.1, 0.15) is 0 Å².